The third-order valence-corrected chi connectivity index (χ3v) is 4.28. The lowest BCUT2D eigenvalue weighted by molar-refractivity contribution is -0.173. The zero-order valence-electron chi connectivity index (χ0n) is 16.1. The summed E-state index contributed by atoms with van der Waals surface area (Å²) >= 11 is 0. The first-order valence-electron chi connectivity index (χ1n) is 8.56. The van der Waals surface area contributed by atoms with Crippen molar-refractivity contribution >= 4 is 18.0 Å². The van der Waals surface area contributed by atoms with Crippen LogP contribution in [0.15, 0.2) is 30.3 Å². The van der Waals surface area contributed by atoms with Gasteiger partial charge in [-0.1, -0.05) is 30.3 Å². The molecule has 27 heavy (non-hydrogen) atoms. The van der Waals surface area contributed by atoms with E-state index in [1.165, 1.54) is 4.90 Å². The minimum absolute atomic E-state index is 0. The van der Waals surface area contributed by atoms with Crippen LogP contribution in [-0.4, -0.2) is 46.7 Å². The van der Waals surface area contributed by atoms with E-state index >= 15 is 0 Å². The molecule has 0 spiro atoms. The molecule has 1 aliphatic rings. The highest BCUT2D eigenvalue weighted by molar-refractivity contribution is 5.99. The summed E-state index contributed by atoms with van der Waals surface area (Å²) < 4.78 is 10.5. The molecule has 0 radical (unpaired) electrons. The fourth-order valence-electron chi connectivity index (χ4n) is 2.76. The number of carboxylic acids is 1. The van der Waals surface area contributed by atoms with Gasteiger partial charge < -0.3 is 25.6 Å². The number of hydrogen-bond donors (Lipinski definition) is 2. The van der Waals surface area contributed by atoms with Gasteiger partial charge in [0, 0.05) is 13.1 Å². The van der Waals surface area contributed by atoms with Gasteiger partial charge in [-0.2, -0.15) is 0 Å². The molecular formula is C19H28N2O6. The number of benzene rings is 1. The molecule has 0 unspecified atom stereocenters. The Morgan fingerprint density at radius 2 is 1.67 bits per heavy atom. The van der Waals surface area contributed by atoms with Crippen LogP contribution in [0.25, 0.3) is 0 Å². The predicted octanol–water partition coefficient (Wildman–Crippen LogP) is 2.99. The van der Waals surface area contributed by atoms with Crippen LogP contribution < -0.4 is 6.15 Å². The van der Waals surface area contributed by atoms with Gasteiger partial charge in [0.05, 0.1) is 0 Å². The molecule has 0 atom stereocenters. The molecule has 1 aromatic rings. The van der Waals surface area contributed by atoms with Crippen LogP contribution in [0, 0.1) is 5.41 Å². The number of ether oxygens (including phenoxy) is 2. The summed E-state index contributed by atoms with van der Waals surface area (Å²) in [6, 6.07) is 9.07. The fraction of sp³-hybridized carbons (Fsp3) is 0.526. The average Bonchev–Trinajstić information content (AvgIpc) is 2.59. The maximum absolute atomic E-state index is 12.5. The Morgan fingerprint density at radius 1 is 1.11 bits per heavy atom. The molecule has 4 N–H and O–H groups in total. The van der Waals surface area contributed by atoms with Gasteiger partial charge >= 0.3 is 18.0 Å². The number of carbonyl (C=O) groups is 3. The highest BCUT2D eigenvalue weighted by Gasteiger charge is 2.50. The highest BCUT2D eigenvalue weighted by atomic mass is 16.6. The van der Waals surface area contributed by atoms with Crippen LogP contribution in [0.1, 0.15) is 39.2 Å². The van der Waals surface area contributed by atoms with Crippen molar-refractivity contribution in [2.75, 3.05) is 13.1 Å². The van der Waals surface area contributed by atoms with E-state index in [-0.39, 0.29) is 38.7 Å². The number of nitrogens with zero attached hydrogens (tertiary/aromatic N) is 1. The molecular weight excluding hydrogens is 352 g/mol. The summed E-state index contributed by atoms with van der Waals surface area (Å²) in [4.78, 5) is 37.8. The molecule has 1 heterocycles. The minimum Gasteiger partial charge on any atom is -0.480 e. The topological polar surface area (TPSA) is 128 Å². The Morgan fingerprint density at radius 3 is 2.15 bits per heavy atom. The molecule has 1 fully saturated rings. The third-order valence-electron chi connectivity index (χ3n) is 4.28. The van der Waals surface area contributed by atoms with Gasteiger partial charge in [-0.25, -0.2) is 4.79 Å². The van der Waals surface area contributed by atoms with Gasteiger partial charge in [0.1, 0.15) is 12.2 Å². The van der Waals surface area contributed by atoms with E-state index in [2.05, 4.69) is 0 Å². The Labute approximate surface area is 159 Å². The second-order valence-electron chi connectivity index (χ2n) is 7.42. The van der Waals surface area contributed by atoms with Crippen molar-refractivity contribution in [1.29, 1.82) is 0 Å². The number of carboxylic acid groups (broad SMARTS) is 1. The first-order valence-corrected chi connectivity index (χ1v) is 8.56. The van der Waals surface area contributed by atoms with E-state index in [0.717, 1.165) is 5.56 Å². The Bertz CT molecular complexity index is 661. The standard InChI is InChI=1S/C19H25NO6.H3N/c1-18(2,3)26-17(24)20-11-9-19(10-12-20,15(21)22)16(23)25-13-14-7-5-4-6-8-14;/h4-8H,9-13H2,1-3H3,(H,21,22);1H3. The molecule has 0 aliphatic carbocycles. The number of piperidine rings is 1. The lowest BCUT2D eigenvalue weighted by Gasteiger charge is -2.37. The number of rotatable bonds is 4. The Balaban J connectivity index is 0.00000364. The van der Waals surface area contributed by atoms with Crippen molar-refractivity contribution in [3.63, 3.8) is 0 Å². The third kappa shape index (κ3) is 5.68. The number of carbonyl (C=O) groups excluding carboxylic acids is 2. The van der Waals surface area contributed by atoms with Gasteiger partial charge in [-0.15, -0.1) is 0 Å². The van der Waals surface area contributed by atoms with E-state index in [9.17, 15) is 19.5 Å². The second kappa shape index (κ2) is 8.85. The van der Waals surface area contributed by atoms with E-state index in [4.69, 9.17) is 9.47 Å². The summed E-state index contributed by atoms with van der Waals surface area (Å²) in [5.41, 5.74) is -1.48. The molecule has 0 saturated carbocycles. The van der Waals surface area contributed by atoms with Crippen LogP contribution in [-0.2, 0) is 25.7 Å². The molecule has 0 aromatic heterocycles. The first kappa shape index (κ1) is 22.4. The first-order chi connectivity index (χ1) is 12.1. The van der Waals surface area contributed by atoms with Gasteiger partial charge in [0.2, 0.25) is 0 Å². The number of amides is 1. The Hall–Kier alpha value is -2.61. The largest absolute Gasteiger partial charge is 0.480 e. The molecule has 8 nitrogen and oxygen atoms in total. The van der Waals surface area contributed by atoms with Crippen molar-refractivity contribution < 1.29 is 29.0 Å². The van der Waals surface area contributed by atoms with E-state index < -0.39 is 29.0 Å². The highest BCUT2D eigenvalue weighted by Crippen LogP contribution is 2.34. The van der Waals surface area contributed by atoms with Crippen LogP contribution in [0.5, 0.6) is 0 Å². The van der Waals surface area contributed by atoms with Gasteiger partial charge in [0.25, 0.3) is 0 Å². The van der Waals surface area contributed by atoms with Crippen molar-refractivity contribution in [2.45, 2.75) is 45.8 Å². The van der Waals surface area contributed by atoms with Gasteiger partial charge in [-0.3, -0.25) is 9.59 Å². The minimum atomic E-state index is -1.63. The molecule has 2 rings (SSSR count). The van der Waals surface area contributed by atoms with Crippen molar-refractivity contribution in [2.24, 2.45) is 5.41 Å². The van der Waals surface area contributed by atoms with Crippen LogP contribution in [0.3, 0.4) is 0 Å². The number of aliphatic carboxylic acids is 1. The predicted molar refractivity (Wildman–Crippen MR) is 98.4 cm³/mol. The van der Waals surface area contributed by atoms with Crippen LogP contribution in [0.4, 0.5) is 4.79 Å². The molecule has 0 bridgehead atoms. The second-order valence-corrected chi connectivity index (χ2v) is 7.42. The fourth-order valence-corrected chi connectivity index (χ4v) is 2.76. The maximum atomic E-state index is 12.5. The lowest BCUT2D eigenvalue weighted by Crippen LogP contribution is -2.51. The lowest BCUT2D eigenvalue weighted by atomic mass is 9.78. The zero-order chi connectivity index (χ0) is 19.4. The van der Waals surface area contributed by atoms with Gasteiger partial charge in [0.15, 0.2) is 5.41 Å². The molecule has 1 aliphatic heterocycles. The zero-order valence-corrected chi connectivity index (χ0v) is 16.1. The normalized spacial score (nSPS) is 16.0. The molecule has 150 valence electrons. The number of hydrogen-bond acceptors (Lipinski definition) is 6. The number of likely N-dealkylation sites (tertiary alicyclic amines) is 1. The molecule has 1 amide bonds. The van der Waals surface area contributed by atoms with E-state index in [0.29, 0.717) is 0 Å². The maximum Gasteiger partial charge on any atom is 0.410 e. The summed E-state index contributed by atoms with van der Waals surface area (Å²) in [5.74, 6) is -1.99. The molecule has 1 aromatic carbocycles. The smallest absolute Gasteiger partial charge is 0.410 e. The van der Waals surface area contributed by atoms with Crippen molar-refractivity contribution in [3.8, 4) is 0 Å². The van der Waals surface area contributed by atoms with Crippen LogP contribution in [0.2, 0.25) is 0 Å². The monoisotopic (exact) mass is 380 g/mol. The van der Waals surface area contributed by atoms with E-state index in [1.807, 2.05) is 18.2 Å². The van der Waals surface area contributed by atoms with Crippen LogP contribution >= 0.6 is 0 Å². The number of esters is 1. The molecule has 8 heteroatoms. The summed E-state index contributed by atoms with van der Waals surface area (Å²) in [6.45, 7) is 5.56. The van der Waals surface area contributed by atoms with Crippen molar-refractivity contribution in [3.05, 3.63) is 35.9 Å². The quantitative estimate of drug-likeness (QED) is 0.607. The summed E-state index contributed by atoms with van der Waals surface area (Å²) in [6.07, 6.45) is -0.515. The summed E-state index contributed by atoms with van der Waals surface area (Å²) in [7, 11) is 0. The van der Waals surface area contributed by atoms with E-state index in [1.54, 1.807) is 32.9 Å². The summed E-state index contributed by atoms with van der Waals surface area (Å²) in [5, 5.41) is 9.63. The van der Waals surface area contributed by atoms with Gasteiger partial charge in [-0.05, 0) is 39.2 Å². The Kier molecular flexibility index (Phi) is 7.36. The average molecular weight is 380 g/mol. The SMILES string of the molecule is CC(C)(C)OC(=O)N1CCC(C(=O)O)(C(=O)OCc2ccccc2)CC1.N. The van der Waals surface area contributed by atoms with Crippen molar-refractivity contribution in [1.82, 2.24) is 11.1 Å². The molecule has 1 saturated heterocycles.